The van der Waals surface area contributed by atoms with Crippen LogP contribution in [0.25, 0.3) is 0 Å². The van der Waals surface area contributed by atoms with Gasteiger partial charge in [-0.1, -0.05) is 30.1 Å². The minimum Gasteiger partial charge on any atom is -0.364 e. The van der Waals surface area contributed by atoms with E-state index < -0.39 is 9.84 Å². The number of thioether (sulfide) groups is 1. The fourth-order valence-corrected chi connectivity index (χ4v) is 3.09. The molecule has 1 aliphatic heterocycles. The van der Waals surface area contributed by atoms with Gasteiger partial charge < -0.3 is 5.32 Å². The van der Waals surface area contributed by atoms with Crippen LogP contribution in [0.2, 0.25) is 0 Å². The summed E-state index contributed by atoms with van der Waals surface area (Å²) in [6.07, 6.45) is 3.37. The van der Waals surface area contributed by atoms with E-state index in [2.05, 4.69) is 11.9 Å². The van der Waals surface area contributed by atoms with Gasteiger partial charge in [0.2, 0.25) is 0 Å². The molecule has 0 spiro atoms. The van der Waals surface area contributed by atoms with Crippen LogP contribution >= 0.6 is 24.0 Å². The molecule has 3 nitrogen and oxygen atoms in total. The van der Waals surface area contributed by atoms with Crippen molar-refractivity contribution in [1.82, 2.24) is 5.32 Å². The Morgan fingerprint density at radius 2 is 2.50 bits per heavy atom. The molecule has 0 aromatic heterocycles. The minimum absolute atomic E-state index is 0.0990. The van der Waals surface area contributed by atoms with Crippen molar-refractivity contribution >= 4 is 38.1 Å². The monoisotopic (exact) mass is 249 g/mol. The molecule has 0 aliphatic carbocycles. The van der Waals surface area contributed by atoms with E-state index in [0.29, 0.717) is 4.32 Å². The highest BCUT2D eigenvalue weighted by atomic mass is 32.2. The fourth-order valence-electron chi connectivity index (χ4n) is 0.993. The van der Waals surface area contributed by atoms with Crippen LogP contribution in [0.1, 0.15) is 0 Å². The molecule has 0 aromatic carbocycles. The molecular formula is C8H11NO2S3. The molecule has 6 heteroatoms. The summed E-state index contributed by atoms with van der Waals surface area (Å²) in [5, 5.41) is 4.18. The van der Waals surface area contributed by atoms with Crippen molar-refractivity contribution in [3.8, 4) is 0 Å². The number of rotatable bonds is 3. The van der Waals surface area contributed by atoms with Crippen molar-refractivity contribution in [3.05, 3.63) is 24.1 Å². The molecule has 0 aromatic rings. The van der Waals surface area contributed by atoms with Gasteiger partial charge in [0, 0.05) is 11.2 Å². The van der Waals surface area contributed by atoms with Gasteiger partial charge >= 0.3 is 0 Å². The number of thiocarbonyl (C=S) groups is 1. The number of nitrogens with one attached hydrogen (secondary N) is 1. The van der Waals surface area contributed by atoms with Crippen LogP contribution < -0.4 is 5.32 Å². The van der Waals surface area contributed by atoms with Gasteiger partial charge in [0.15, 0.2) is 9.84 Å². The predicted octanol–water partition coefficient (Wildman–Crippen LogP) is 1.09. The zero-order valence-corrected chi connectivity index (χ0v) is 9.92. The van der Waals surface area contributed by atoms with Crippen molar-refractivity contribution < 1.29 is 8.42 Å². The lowest BCUT2D eigenvalue weighted by Gasteiger charge is -2.10. The molecule has 14 heavy (non-hydrogen) atoms. The van der Waals surface area contributed by atoms with Gasteiger partial charge in [-0.2, -0.15) is 0 Å². The second kappa shape index (κ2) is 4.95. The maximum atomic E-state index is 11.0. The fraction of sp³-hybridized carbons (Fsp3) is 0.375. The predicted molar refractivity (Wildman–Crippen MR) is 65.1 cm³/mol. The highest BCUT2D eigenvalue weighted by Crippen LogP contribution is 2.10. The molecule has 0 saturated carbocycles. The van der Waals surface area contributed by atoms with E-state index in [9.17, 15) is 8.42 Å². The first-order chi connectivity index (χ1) is 6.53. The molecule has 0 radical (unpaired) electrons. The molecule has 0 bridgehead atoms. The summed E-state index contributed by atoms with van der Waals surface area (Å²) >= 11 is 6.44. The standard InChI is InChI=1S/C8H11NO2S3/c1-2-4-13-8(12)9-7-3-5-14(10,11)6-7/h2-3,5,7H,1,4,6H2,(H,9,12). The highest BCUT2D eigenvalue weighted by Gasteiger charge is 2.21. The van der Waals surface area contributed by atoms with Gasteiger partial charge in [-0.3, -0.25) is 0 Å². The number of hydrogen-bond acceptors (Lipinski definition) is 4. The minimum atomic E-state index is -2.99. The van der Waals surface area contributed by atoms with Gasteiger partial charge in [0.1, 0.15) is 4.32 Å². The lowest BCUT2D eigenvalue weighted by atomic mass is 10.3. The topological polar surface area (TPSA) is 46.2 Å². The molecule has 1 aliphatic rings. The number of sulfone groups is 1. The van der Waals surface area contributed by atoms with E-state index in [0.717, 1.165) is 5.75 Å². The number of hydrogen-bond donors (Lipinski definition) is 1. The third-order valence-electron chi connectivity index (χ3n) is 1.57. The normalized spacial score (nSPS) is 23.3. The Balaban J connectivity index is 2.37. The van der Waals surface area contributed by atoms with E-state index in [4.69, 9.17) is 12.2 Å². The summed E-state index contributed by atoms with van der Waals surface area (Å²) in [6.45, 7) is 3.57. The van der Waals surface area contributed by atoms with Crippen molar-refractivity contribution in [3.63, 3.8) is 0 Å². The Hall–Kier alpha value is -0.330. The zero-order valence-electron chi connectivity index (χ0n) is 7.47. The van der Waals surface area contributed by atoms with Gasteiger partial charge in [0.05, 0.1) is 11.8 Å². The maximum absolute atomic E-state index is 11.0. The summed E-state index contributed by atoms with van der Waals surface area (Å²) in [7, 11) is -2.99. The van der Waals surface area contributed by atoms with E-state index in [1.165, 1.54) is 17.2 Å². The first kappa shape index (κ1) is 11.7. The van der Waals surface area contributed by atoms with Gasteiger partial charge in [-0.25, -0.2) is 8.42 Å². The average Bonchev–Trinajstić information content (AvgIpc) is 2.42. The zero-order chi connectivity index (χ0) is 10.6. The van der Waals surface area contributed by atoms with Crippen LogP contribution in [-0.4, -0.2) is 30.3 Å². The largest absolute Gasteiger partial charge is 0.364 e. The van der Waals surface area contributed by atoms with Crippen LogP contribution in [-0.2, 0) is 9.84 Å². The Kier molecular flexibility index (Phi) is 4.15. The summed E-state index contributed by atoms with van der Waals surface area (Å²) in [5.41, 5.74) is 0. The summed E-state index contributed by atoms with van der Waals surface area (Å²) in [6, 6.07) is -0.176. The van der Waals surface area contributed by atoms with Crippen molar-refractivity contribution in [2.45, 2.75) is 6.04 Å². The third kappa shape index (κ3) is 3.81. The van der Waals surface area contributed by atoms with Gasteiger partial charge in [-0.05, 0) is 6.08 Å². The van der Waals surface area contributed by atoms with Gasteiger partial charge in [0.25, 0.3) is 0 Å². The lowest BCUT2D eigenvalue weighted by molar-refractivity contribution is 0.603. The van der Waals surface area contributed by atoms with Crippen LogP contribution in [0.15, 0.2) is 24.1 Å². The molecule has 1 unspecified atom stereocenters. The first-order valence-corrected chi connectivity index (χ1v) is 7.09. The Morgan fingerprint density at radius 3 is 3.00 bits per heavy atom. The second-order valence-electron chi connectivity index (χ2n) is 2.80. The third-order valence-corrected chi connectivity index (χ3v) is 4.21. The Morgan fingerprint density at radius 1 is 1.79 bits per heavy atom. The smallest absolute Gasteiger partial charge is 0.173 e. The SMILES string of the molecule is C=CCSC(=S)NC1C=CS(=O)(=O)C1. The summed E-state index contributed by atoms with van der Waals surface area (Å²) < 4.78 is 22.7. The van der Waals surface area contributed by atoms with E-state index in [-0.39, 0.29) is 11.8 Å². The maximum Gasteiger partial charge on any atom is 0.173 e. The first-order valence-electron chi connectivity index (χ1n) is 3.98. The summed E-state index contributed by atoms with van der Waals surface area (Å²) in [4.78, 5) is 0. The molecule has 1 rings (SSSR count). The van der Waals surface area contributed by atoms with Crippen molar-refractivity contribution in [1.29, 1.82) is 0 Å². The lowest BCUT2D eigenvalue weighted by Crippen LogP contribution is -2.32. The molecule has 0 amide bonds. The van der Waals surface area contributed by atoms with Crippen LogP contribution in [0.4, 0.5) is 0 Å². The summed E-state index contributed by atoms with van der Waals surface area (Å²) in [5.74, 6) is 0.830. The van der Waals surface area contributed by atoms with E-state index in [1.54, 1.807) is 12.2 Å². The molecule has 1 N–H and O–H groups in total. The molecule has 0 fully saturated rings. The van der Waals surface area contributed by atoms with Crippen LogP contribution in [0.3, 0.4) is 0 Å². The van der Waals surface area contributed by atoms with E-state index >= 15 is 0 Å². The molecular weight excluding hydrogens is 238 g/mol. The van der Waals surface area contributed by atoms with Crippen molar-refractivity contribution in [2.75, 3.05) is 11.5 Å². The van der Waals surface area contributed by atoms with Crippen LogP contribution in [0, 0.1) is 0 Å². The average molecular weight is 249 g/mol. The van der Waals surface area contributed by atoms with Crippen LogP contribution in [0.5, 0.6) is 0 Å². The van der Waals surface area contributed by atoms with E-state index in [1.807, 2.05) is 0 Å². The highest BCUT2D eigenvalue weighted by molar-refractivity contribution is 8.23. The molecule has 0 saturated heterocycles. The van der Waals surface area contributed by atoms with Gasteiger partial charge in [-0.15, -0.1) is 6.58 Å². The molecule has 78 valence electrons. The Labute approximate surface area is 93.6 Å². The Bertz CT molecular complexity index is 359. The molecule has 1 atom stereocenters. The van der Waals surface area contributed by atoms with Crippen molar-refractivity contribution in [2.24, 2.45) is 0 Å². The quantitative estimate of drug-likeness (QED) is 0.599. The second-order valence-corrected chi connectivity index (χ2v) is 6.42. The molecule has 1 heterocycles.